The Bertz CT molecular complexity index is 1180. The molecule has 0 heterocycles. The van der Waals surface area contributed by atoms with Gasteiger partial charge in [-0.1, -0.05) is 12.1 Å². The molecule has 0 aliphatic carbocycles. The van der Waals surface area contributed by atoms with E-state index in [-0.39, 0.29) is 17.9 Å². The molecule has 7 nitrogen and oxygen atoms in total. The topological polar surface area (TPSA) is 111 Å². The fraction of sp³-hybridized carbons (Fsp3) is 0.0417. The molecule has 0 spiro atoms. The minimum atomic E-state index is -0.608. The van der Waals surface area contributed by atoms with E-state index in [1.165, 1.54) is 54.6 Å². The molecule has 32 heavy (non-hydrogen) atoms. The number of ether oxygens (including phenoxy) is 1. The maximum absolute atomic E-state index is 12.9. The van der Waals surface area contributed by atoms with Crippen LogP contribution in [0.5, 0.6) is 11.5 Å². The van der Waals surface area contributed by atoms with Crippen molar-refractivity contribution >= 4 is 29.3 Å². The van der Waals surface area contributed by atoms with Gasteiger partial charge in [0.25, 0.3) is 11.8 Å². The minimum absolute atomic E-state index is 0.0576. The van der Waals surface area contributed by atoms with Crippen molar-refractivity contribution in [1.82, 2.24) is 0 Å². The van der Waals surface area contributed by atoms with Crippen molar-refractivity contribution in [3.63, 3.8) is 0 Å². The van der Waals surface area contributed by atoms with Crippen molar-refractivity contribution in [3.05, 3.63) is 89.8 Å². The van der Waals surface area contributed by atoms with Crippen molar-refractivity contribution in [2.24, 2.45) is 0 Å². The molecule has 0 atom stereocenters. The Balaban J connectivity index is 1.62. The summed E-state index contributed by atoms with van der Waals surface area (Å²) in [6, 6.07) is 19.6. The highest BCUT2D eigenvalue weighted by Crippen LogP contribution is 2.18. The van der Waals surface area contributed by atoms with Crippen molar-refractivity contribution in [3.8, 4) is 17.6 Å². The van der Waals surface area contributed by atoms with E-state index in [1.54, 1.807) is 24.3 Å². The smallest absolute Gasteiger partial charge is 0.266 e. The molecule has 3 N–H and O–H groups in total. The lowest BCUT2D eigenvalue weighted by atomic mass is 10.1. The quantitative estimate of drug-likeness (QED) is 0.296. The van der Waals surface area contributed by atoms with Crippen LogP contribution in [0.1, 0.15) is 5.56 Å². The highest BCUT2D eigenvalue weighted by Gasteiger charge is 2.10. The number of amides is 2. The first-order valence-corrected chi connectivity index (χ1v) is 9.43. The molecule has 8 heteroatoms. The summed E-state index contributed by atoms with van der Waals surface area (Å²) in [6.45, 7) is -0.281. The van der Waals surface area contributed by atoms with Gasteiger partial charge in [-0.3, -0.25) is 9.59 Å². The lowest BCUT2D eigenvalue weighted by Gasteiger charge is -2.08. The molecular weight excluding hydrogens is 413 g/mol. The predicted octanol–water partition coefficient (Wildman–Crippen LogP) is 4.09. The number of hydrogen-bond donors (Lipinski definition) is 3. The van der Waals surface area contributed by atoms with Crippen LogP contribution in [0.25, 0.3) is 6.08 Å². The van der Waals surface area contributed by atoms with Crippen LogP contribution in [0.2, 0.25) is 0 Å². The highest BCUT2D eigenvalue weighted by molar-refractivity contribution is 6.09. The monoisotopic (exact) mass is 431 g/mol. The number of phenolic OH excluding ortho intramolecular Hbond substituents is 1. The van der Waals surface area contributed by atoms with E-state index >= 15 is 0 Å². The third-order valence-electron chi connectivity index (χ3n) is 4.16. The Morgan fingerprint density at radius 3 is 2.34 bits per heavy atom. The summed E-state index contributed by atoms with van der Waals surface area (Å²) in [6.07, 6.45) is 1.39. The number of phenols is 1. The van der Waals surface area contributed by atoms with Gasteiger partial charge in [-0.2, -0.15) is 5.26 Å². The zero-order chi connectivity index (χ0) is 22.9. The lowest BCUT2D eigenvalue weighted by Crippen LogP contribution is -2.20. The van der Waals surface area contributed by atoms with E-state index < -0.39 is 17.6 Å². The van der Waals surface area contributed by atoms with E-state index in [0.29, 0.717) is 22.7 Å². The Labute approximate surface area is 183 Å². The number of aromatic hydroxyl groups is 1. The fourth-order valence-electron chi connectivity index (χ4n) is 2.63. The normalized spacial score (nSPS) is 10.7. The zero-order valence-corrected chi connectivity index (χ0v) is 16.7. The van der Waals surface area contributed by atoms with Gasteiger partial charge in [-0.15, -0.1) is 0 Å². The summed E-state index contributed by atoms with van der Waals surface area (Å²) < 4.78 is 18.4. The summed E-state index contributed by atoms with van der Waals surface area (Å²) in [5.41, 5.74) is 1.26. The second kappa shape index (κ2) is 10.4. The van der Waals surface area contributed by atoms with E-state index in [4.69, 9.17) is 4.74 Å². The van der Waals surface area contributed by atoms with Crippen molar-refractivity contribution < 1.29 is 23.8 Å². The number of carbonyl (C=O) groups excluding carboxylic acids is 2. The standard InChI is InChI=1S/C24H18FN3O4/c25-18-4-6-19(7-5-18)27-23(30)15-32-22-3-1-2-16(13-22)12-17(14-26)24(31)28-20-8-10-21(29)11-9-20/h1-13,29H,15H2,(H,27,30)(H,28,31)/b17-12+. The average molecular weight is 431 g/mol. The fourth-order valence-corrected chi connectivity index (χ4v) is 2.63. The van der Waals surface area contributed by atoms with E-state index in [1.807, 2.05) is 6.07 Å². The van der Waals surface area contributed by atoms with Crippen LogP contribution in [0, 0.1) is 17.1 Å². The number of carbonyl (C=O) groups is 2. The van der Waals surface area contributed by atoms with Crippen molar-refractivity contribution in [1.29, 1.82) is 5.26 Å². The average Bonchev–Trinajstić information content (AvgIpc) is 2.79. The summed E-state index contributed by atoms with van der Waals surface area (Å²) in [5, 5.41) is 23.8. The first kappa shape index (κ1) is 22.1. The number of hydrogen-bond acceptors (Lipinski definition) is 5. The van der Waals surface area contributed by atoms with Crippen LogP contribution in [0.4, 0.5) is 15.8 Å². The Kier molecular flexibility index (Phi) is 7.17. The predicted molar refractivity (Wildman–Crippen MR) is 117 cm³/mol. The molecule has 160 valence electrons. The third kappa shape index (κ3) is 6.43. The highest BCUT2D eigenvalue weighted by atomic mass is 19.1. The van der Waals surface area contributed by atoms with Crippen molar-refractivity contribution in [2.75, 3.05) is 17.2 Å². The first-order chi connectivity index (χ1) is 15.4. The van der Waals surface area contributed by atoms with Gasteiger partial charge < -0.3 is 20.5 Å². The van der Waals surface area contributed by atoms with Crippen LogP contribution in [-0.2, 0) is 9.59 Å². The molecule has 0 unspecified atom stereocenters. The molecule has 0 aliphatic rings. The van der Waals surface area contributed by atoms with Crippen LogP contribution in [0.3, 0.4) is 0 Å². The van der Waals surface area contributed by atoms with Gasteiger partial charge in [0, 0.05) is 11.4 Å². The number of nitrogens with zero attached hydrogens (tertiary/aromatic N) is 1. The number of nitriles is 1. The molecule has 0 aromatic heterocycles. The van der Waals surface area contributed by atoms with Gasteiger partial charge in [-0.25, -0.2) is 4.39 Å². The van der Waals surface area contributed by atoms with Gasteiger partial charge in [0.1, 0.15) is 29.0 Å². The van der Waals surface area contributed by atoms with E-state index in [9.17, 15) is 24.3 Å². The number of nitrogens with one attached hydrogen (secondary N) is 2. The maximum atomic E-state index is 12.9. The summed E-state index contributed by atoms with van der Waals surface area (Å²) in [4.78, 5) is 24.4. The van der Waals surface area contributed by atoms with Gasteiger partial charge >= 0.3 is 0 Å². The molecular formula is C24H18FN3O4. The second-order valence-corrected chi connectivity index (χ2v) is 6.59. The number of anilines is 2. The number of rotatable bonds is 7. The van der Waals surface area contributed by atoms with Crippen LogP contribution >= 0.6 is 0 Å². The Morgan fingerprint density at radius 1 is 1.00 bits per heavy atom. The largest absolute Gasteiger partial charge is 0.508 e. The van der Waals surface area contributed by atoms with E-state index in [0.717, 1.165) is 0 Å². The molecule has 3 rings (SSSR count). The summed E-state index contributed by atoms with van der Waals surface area (Å²) in [7, 11) is 0. The van der Waals surface area contributed by atoms with Gasteiger partial charge in [0.05, 0.1) is 0 Å². The molecule has 0 radical (unpaired) electrons. The van der Waals surface area contributed by atoms with Crippen molar-refractivity contribution in [2.45, 2.75) is 0 Å². The Hall–Kier alpha value is -4.64. The van der Waals surface area contributed by atoms with Gasteiger partial charge in [-0.05, 0) is 72.3 Å². The van der Waals surface area contributed by atoms with Crippen LogP contribution in [0.15, 0.2) is 78.4 Å². The third-order valence-corrected chi connectivity index (χ3v) is 4.16. The molecule has 0 saturated carbocycles. The lowest BCUT2D eigenvalue weighted by molar-refractivity contribution is -0.118. The SMILES string of the molecule is N#C/C(=C\c1cccc(OCC(=O)Nc2ccc(F)cc2)c1)C(=O)Nc1ccc(O)cc1. The molecule has 0 aliphatic heterocycles. The molecule has 0 fully saturated rings. The molecule has 3 aromatic carbocycles. The number of halogens is 1. The minimum Gasteiger partial charge on any atom is -0.508 e. The first-order valence-electron chi connectivity index (χ1n) is 9.43. The zero-order valence-electron chi connectivity index (χ0n) is 16.7. The summed E-state index contributed by atoms with van der Waals surface area (Å²) in [5.74, 6) is -1.02. The molecule has 0 bridgehead atoms. The molecule has 0 saturated heterocycles. The van der Waals surface area contributed by atoms with E-state index in [2.05, 4.69) is 10.6 Å². The second-order valence-electron chi connectivity index (χ2n) is 6.59. The molecule has 3 aromatic rings. The Morgan fingerprint density at radius 2 is 1.66 bits per heavy atom. The number of benzene rings is 3. The molecule has 2 amide bonds. The summed E-state index contributed by atoms with van der Waals surface area (Å²) >= 11 is 0. The van der Waals surface area contributed by atoms with Crippen LogP contribution < -0.4 is 15.4 Å². The van der Waals surface area contributed by atoms with Gasteiger partial charge in [0.2, 0.25) is 0 Å². The van der Waals surface area contributed by atoms with Gasteiger partial charge in [0.15, 0.2) is 6.61 Å². The van der Waals surface area contributed by atoms with Crippen LogP contribution in [-0.4, -0.2) is 23.5 Å². The maximum Gasteiger partial charge on any atom is 0.266 e.